The second-order valence-corrected chi connectivity index (χ2v) is 10.2. The van der Waals surface area contributed by atoms with Crippen molar-refractivity contribution < 1.29 is 4.74 Å². The van der Waals surface area contributed by atoms with Crippen molar-refractivity contribution in [3.8, 4) is 5.75 Å². The fourth-order valence-corrected chi connectivity index (χ4v) is 4.91. The number of hydrogen-bond acceptors (Lipinski definition) is 4. The van der Waals surface area contributed by atoms with Crippen LogP contribution >= 0.6 is 11.6 Å². The van der Waals surface area contributed by atoms with Gasteiger partial charge in [-0.1, -0.05) is 44.5 Å². The first-order valence-electron chi connectivity index (χ1n) is 12.9. The zero-order valence-corrected chi connectivity index (χ0v) is 21.5. The fourth-order valence-electron chi connectivity index (χ4n) is 4.78. The van der Waals surface area contributed by atoms with Crippen LogP contribution in [0.3, 0.4) is 0 Å². The third-order valence-corrected chi connectivity index (χ3v) is 7.11. The lowest BCUT2D eigenvalue weighted by Gasteiger charge is -2.26. The predicted molar refractivity (Wildman–Crippen MR) is 149 cm³/mol. The number of imidazole rings is 1. The number of rotatable bonds is 12. The zero-order valence-electron chi connectivity index (χ0n) is 20.7. The number of aryl methyl sites for hydroxylation is 2. The number of para-hydroxylation sites is 1. The van der Waals surface area contributed by atoms with Crippen molar-refractivity contribution in [2.24, 2.45) is 5.92 Å². The van der Waals surface area contributed by atoms with Gasteiger partial charge in [0.1, 0.15) is 18.2 Å². The number of aromatic nitrogens is 2. The van der Waals surface area contributed by atoms with Gasteiger partial charge >= 0.3 is 0 Å². The van der Waals surface area contributed by atoms with E-state index in [0.29, 0.717) is 17.5 Å². The number of fused-ring (bicyclic) bond motifs is 1. The molecule has 1 atom stereocenters. The molecule has 1 aliphatic heterocycles. The maximum atomic E-state index is 6.05. The molecule has 2 heterocycles. The SMILES string of the molecule is C.Cc1cccc2c1nc(COc1ccc(Cl)cc1)n2CCC(C)CNCCCN1CCCCC1. The first kappa shape index (κ1) is 27.5. The van der Waals surface area contributed by atoms with E-state index < -0.39 is 0 Å². The monoisotopic (exact) mass is 498 g/mol. The summed E-state index contributed by atoms with van der Waals surface area (Å²) >= 11 is 6.01. The maximum absolute atomic E-state index is 6.05. The molecule has 0 amide bonds. The molecule has 0 saturated carbocycles. The lowest BCUT2D eigenvalue weighted by Crippen LogP contribution is -2.32. The van der Waals surface area contributed by atoms with Gasteiger partial charge in [-0.3, -0.25) is 0 Å². The van der Waals surface area contributed by atoms with Gasteiger partial charge in [0.15, 0.2) is 0 Å². The average molecular weight is 499 g/mol. The predicted octanol–water partition coefficient (Wildman–Crippen LogP) is 6.71. The Bertz CT molecular complexity index is 1030. The molecule has 1 aliphatic rings. The van der Waals surface area contributed by atoms with Gasteiger partial charge in [-0.2, -0.15) is 0 Å². The Kier molecular flexibility index (Phi) is 10.9. The first-order valence-corrected chi connectivity index (χ1v) is 13.2. The summed E-state index contributed by atoms with van der Waals surface area (Å²) < 4.78 is 8.39. The van der Waals surface area contributed by atoms with E-state index in [1.165, 1.54) is 56.4 Å². The summed E-state index contributed by atoms with van der Waals surface area (Å²) in [6.07, 6.45) is 6.50. The summed E-state index contributed by atoms with van der Waals surface area (Å²) in [5, 5.41) is 4.39. The summed E-state index contributed by atoms with van der Waals surface area (Å²) in [6.45, 7) is 11.8. The summed E-state index contributed by atoms with van der Waals surface area (Å²) in [4.78, 5) is 7.56. The molecular weight excluding hydrogens is 456 g/mol. The Balaban J connectivity index is 0.00000342. The van der Waals surface area contributed by atoms with E-state index in [1.807, 2.05) is 24.3 Å². The van der Waals surface area contributed by atoms with Crippen LogP contribution in [0.15, 0.2) is 42.5 Å². The molecule has 0 spiro atoms. The Morgan fingerprint density at radius 2 is 1.83 bits per heavy atom. The van der Waals surface area contributed by atoms with Crippen molar-refractivity contribution >= 4 is 22.6 Å². The fraction of sp³-hybridized carbons (Fsp3) is 0.552. The number of ether oxygens (including phenoxy) is 1. The van der Waals surface area contributed by atoms with Crippen LogP contribution < -0.4 is 10.1 Å². The van der Waals surface area contributed by atoms with Crippen LogP contribution in [0.2, 0.25) is 5.02 Å². The van der Waals surface area contributed by atoms with Crippen molar-refractivity contribution in [2.75, 3.05) is 32.7 Å². The average Bonchev–Trinajstić information content (AvgIpc) is 3.21. The van der Waals surface area contributed by atoms with Crippen LogP contribution in [0.1, 0.15) is 57.8 Å². The van der Waals surface area contributed by atoms with Crippen molar-refractivity contribution in [2.45, 2.75) is 66.5 Å². The van der Waals surface area contributed by atoms with E-state index in [-0.39, 0.29) is 7.43 Å². The van der Waals surface area contributed by atoms with E-state index in [0.717, 1.165) is 43.1 Å². The van der Waals surface area contributed by atoms with Gasteiger partial charge in [0.2, 0.25) is 0 Å². The quantitative estimate of drug-likeness (QED) is 0.282. The molecule has 3 aromatic rings. The maximum Gasteiger partial charge on any atom is 0.148 e. The lowest BCUT2D eigenvalue weighted by atomic mass is 10.1. The largest absolute Gasteiger partial charge is 0.486 e. The van der Waals surface area contributed by atoms with Gasteiger partial charge in [0, 0.05) is 11.6 Å². The van der Waals surface area contributed by atoms with Gasteiger partial charge in [0.05, 0.1) is 11.0 Å². The van der Waals surface area contributed by atoms with E-state index >= 15 is 0 Å². The Hall–Kier alpha value is -2.08. The highest BCUT2D eigenvalue weighted by Gasteiger charge is 2.14. The lowest BCUT2D eigenvalue weighted by molar-refractivity contribution is 0.225. The van der Waals surface area contributed by atoms with Crippen LogP contribution in [0.25, 0.3) is 11.0 Å². The highest BCUT2D eigenvalue weighted by atomic mass is 35.5. The molecule has 6 heteroatoms. The smallest absolute Gasteiger partial charge is 0.148 e. The second-order valence-electron chi connectivity index (χ2n) is 9.72. The Morgan fingerprint density at radius 3 is 2.60 bits per heavy atom. The number of benzene rings is 2. The number of hydrogen-bond donors (Lipinski definition) is 1. The van der Waals surface area contributed by atoms with Gasteiger partial charge in [-0.15, -0.1) is 0 Å². The van der Waals surface area contributed by atoms with Gasteiger partial charge in [-0.05, 0) is 107 Å². The van der Waals surface area contributed by atoms with Crippen LogP contribution in [-0.4, -0.2) is 47.2 Å². The molecule has 0 radical (unpaired) electrons. The highest BCUT2D eigenvalue weighted by molar-refractivity contribution is 6.30. The minimum Gasteiger partial charge on any atom is -0.486 e. The van der Waals surface area contributed by atoms with Crippen LogP contribution in [0.5, 0.6) is 5.75 Å². The first-order chi connectivity index (χ1) is 16.6. The van der Waals surface area contributed by atoms with Crippen molar-refractivity contribution in [1.82, 2.24) is 19.8 Å². The van der Waals surface area contributed by atoms with Gasteiger partial charge in [-0.25, -0.2) is 4.98 Å². The summed E-state index contributed by atoms with van der Waals surface area (Å²) in [6, 6.07) is 13.9. The van der Waals surface area contributed by atoms with Crippen molar-refractivity contribution in [3.05, 3.63) is 58.9 Å². The van der Waals surface area contributed by atoms with E-state index in [4.69, 9.17) is 21.3 Å². The van der Waals surface area contributed by atoms with Gasteiger partial charge in [0.25, 0.3) is 0 Å². The third-order valence-electron chi connectivity index (χ3n) is 6.86. The standard InChI is InChI=1S/C28H39ClN4O.CH4/c1-22(20-30-15-7-18-32-16-4-3-5-17-32)14-19-33-26-9-6-8-23(2)28(26)31-27(33)21-34-25-12-10-24(29)11-13-25;/h6,8-13,22,30H,3-5,7,14-21H2,1-2H3;1H4. The van der Waals surface area contributed by atoms with Crippen LogP contribution in [0.4, 0.5) is 0 Å². The highest BCUT2D eigenvalue weighted by Crippen LogP contribution is 2.23. The molecule has 35 heavy (non-hydrogen) atoms. The second kappa shape index (κ2) is 13.9. The molecule has 1 aromatic heterocycles. The molecule has 4 rings (SSSR count). The molecule has 5 nitrogen and oxygen atoms in total. The normalized spacial score (nSPS) is 15.2. The summed E-state index contributed by atoms with van der Waals surface area (Å²) in [5.74, 6) is 2.38. The number of piperidine rings is 1. The minimum absolute atomic E-state index is 0. The number of nitrogens with one attached hydrogen (secondary N) is 1. The zero-order chi connectivity index (χ0) is 23.8. The summed E-state index contributed by atoms with van der Waals surface area (Å²) in [5.41, 5.74) is 3.46. The summed E-state index contributed by atoms with van der Waals surface area (Å²) in [7, 11) is 0. The van der Waals surface area contributed by atoms with Crippen molar-refractivity contribution in [3.63, 3.8) is 0 Å². The molecule has 0 bridgehead atoms. The molecule has 2 aromatic carbocycles. The number of nitrogens with zero attached hydrogens (tertiary/aromatic N) is 3. The van der Waals surface area contributed by atoms with Crippen LogP contribution in [-0.2, 0) is 13.2 Å². The molecule has 1 saturated heterocycles. The van der Waals surface area contributed by atoms with E-state index in [2.05, 4.69) is 46.8 Å². The molecule has 1 N–H and O–H groups in total. The number of likely N-dealkylation sites (tertiary alicyclic amines) is 1. The van der Waals surface area contributed by atoms with Crippen molar-refractivity contribution in [1.29, 1.82) is 0 Å². The van der Waals surface area contributed by atoms with Gasteiger partial charge < -0.3 is 19.5 Å². The number of halogens is 1. The molecular formula is C29H43ClN4O. The topological polar surface area (TPSA) is 42.3 Å². The van der Waals surface area contributed by atoms with E-state index in [9.17, 15) is 0 Å². The molecule has 192 valence electrons. The Labute approximate surface area is 216 Å². The molecule has 0 aliphatic carbocycles. The third kappa shape index (κ3) is 7.96. The van der Waals surface area contributed by atoms with E-state index in [1.54, 1.807) is 0 Å². The molecule has 1 unspecified atom stereocenters. The molecule has 1 fully saturated rings. The van der Waals surface area contributed by atoms with Crippen LogP contribution in [0, 0.1) is 12.8 Å². The Morgan fingerprint density at radius 1 is 1.06 bits per heavy atom. The minimum atomic E-state index is 0.